The van der Waals surface area contributed by atoms with Crippen molar-refractivity contribution in [1.29, 1.82) is 0 Å². The molecule has 2 unspecified atom stereocenters. The van der Waals surface area contributed by atoms with Crippen LogP contribution in [0, 0.1) is 25.7 Å². The van der Waals surface area contributed by atoms with Gasteiger partial charge in [0.25, 0.3) is 0 Å². The fraction of sp³-hybridized carbons (Fsp3) is 0.361. The molecule has 1 aliphatic heterocycles. The number of ether oxygens (including phenoxy) is 1. The Morgan fingerprint density at radius 1 is 0.824 bits per heavy atom. The molecule has 13 nitrogen and oxygen atoms in total. The van der Waals surface area contributed by atoms with Crippen molar-refractivity contribution < 1.29 is 19.7 Å². The SMILES string of the molecule is Cc1nn(CC2CCN(C(=O)OC(C)(C)C)CC2Cn2cc(-c3cnc4ccc(O)c(Cl)c4n3)c(C)n2)cc1-c1cnc2ccc(O)c(Cl)c2n1. The van der Waals surface area contributed by atoms with Crippen molar-refractivity contribution in [1.82, 2.24) is 44.4 Å². The molecule has 0 bridgehead atoms. The van der Waals surface area contributed by atoms with Gasteiger partial charge in [0.15, 0.2) is 0 Å². The third kappa shape index (κ3) is 7.00. The lowest BCUT2D eigenvalue weighted by Crippen LogP contribution is -2.47. The van der Waals surface area contributed by atoms with Gasteiger partial charge in [0.2, 0.25) is 0 Å². The number of nitrogens with zero attached hydrogens (tertiary/aromatic N) is 9. The number of phenols is 2. The molecule has 1 aliphatic rings. The van der Waals surface area contributed by atoms with Crippen molar-refractivity contribution in [2.24, 2.45) is 11.8 Å². The molecule has 4 aromatic heterocycles. The van der Waals surface area contributed by atoms with Crippen LogP contribution in [0.2, 0.25) is 10.0 Å². The van der Waals surface area contributed by atoms with Crippen molar-refractivity contribution in [3.05, 3.63) is 70.5 Å². The predicted molar refractivity (Wildman–Crippen MR) is 194 cm³/mol. The van der Waals surface area contributed by atoms with Gasteiger partial charge in [-0.1, -0.05) is 23.2 Å². The molecular weight excluding hydrogens is 693 g/mol. The lowest BCUT2D eigenvalue weighted by molar-refractivity contribution is 0.00653. The molecular formula is C36H37Cl2N9O4. The van der Waals surface area contributed by atoms with E-state index in [1.54, 1.807) is 29.4 Å². The Balaban J connectivity index is 1.17. The summed E-state index contributed by atoms with van der Waals surface area (Å²) in [6.45, 7) is 11.6. The highest BCUT2D eigenvalue weighted by Gasteiger charge is 2.35. The number of carbonyl (C=O) groups excluding carboxylic acids is 1. The summed E-state index contributed by atoms with van der Waals surface area (Å²) < 4.78 is 9.55. The Labute approximate surface area is 303 Å². The average molecular weight is 731 g/mol. The molecule has 0 spiro atoms. The highest BCUT2D eigenvalue weighted by molar-refractivity contribution is 6.36. The molecule has 1 fully saturated rings. The molecule has 0 radical (unpaired) electrons. The number of rotatable bonds is 6. The number of aromatic hydroxyl groups is 2. The Hall–Kier alpha value is -5.01. The molecule has 6 aromatic rings. The maximum atomic E-state index is 13.2. The van der Waals surface area contributed by atoms with E-state index >= 15 is 0 Å². The number of hydrogen-bond acceptors (Lipinski definition) is 10. The molecule has 5 heterocycles. The van der Waals surface area contributed by atoms with Gasteiger partial charge in [-0.05, 0) is 71.2 Å². The van der Waals surface area contributed by atoms with Crippen LogP contribution in [0.4, 0.5) is 4.79 Å². The number of amides is 1. The lowest BCUT2D eigenvalue weighted by atomic mass is 9.85. The lowest BCUT2D eigenvalue weighted by Gasteiger charge is -2.39. The summed E-state index contributed by atoms with van der Waals surface area (Å²) in [6.07, 6.45) is 7.63. The first-order chi connectivity index (χ1) is 24.2. The van der Waals surface area contributed by atoms with Gasteiger partial charge in [-0.15, -0.1) is 0 Å². The average Bonchev–Trinajstić information content (AvgIpc) is 3.64. The molecule has 7 rings (SSSR count). The van der Waals surface area contributed by atoms with Crippen LogP contribution in [-0.2, 0) is 17.8 Å². The van der Waals surface area contributed by atoms with Crippen LogP contribution in [0.1, 0.15) is 38.6 Å². The molecule has 0 aliphatic carbocycles. The smallest absolute Gasteiger partial charge is 0.410 e. The maximum Gasteiger partial charge on any atom is 0.410 e. The standard InChI is InChI=1S/C36H37Cl2N9O4/c1-19-23(27-12-39-25-6-8-29(48)31(37)33(25)41-27)17-46(43-19)15-21-10-11-45(35(50)51-36(3,4)5)14-22(21)16-47-18-24(20(2)44-47)28-13-40-26-7-9-30(49)32(38)34(26)42-28/h6-9,12-13,17-18,21-22,48-49H,10-11,14-16H2,1-5H3. The first-order valence-corrected chi connectivity index (χ1v) is 17.3. The van der Waals surface area contributed by atoms with E-state index < -0.39 is 5.60 Å². The number of hydrogen-bond donors (Lipinski definition) is 2. The van der Waals surface area contributed by atoms with Crippen molar-refractivity contribution >= 4 is 51.4 Å². The molecule has 2 aromatic carbocycles. The second-order valence-corrected chi connectivity index (χ2v) is 14.7. The molecule has 2 atom stereocenters. The van der Waals surface area contributed by atoms with E-state index in [-0.39, 0.29) is 39.5 Å². The zero-order chi connectivity index (χ0) is 36.2. The molecule has 1 amide bonds. The summed E-state index contributed by atoms with van der Waals surface area (Å²) in [7, 11) is 0. The number of piperidine rings is 1. The summed E-state index contributed by atoms with van der Waals surface area (Å²) in [5, 5.41) is 30.2. The van der Waals surface area contributed by atoms with E-state index in [9.17, 15) is 15.0 Å². The van der Waals surface area contributed by atoms with Crippen LogP contribution >= 0.6 is 23.2 Å². The van der Waals surface area contributed by atoms with E-state index in [0.29, 0.717) is 59.6 Å². The van der Waals surface area contributed by atoms with Gasteiger partial charge in [-0.2, -0.15) is 10.2 Å². The topological polar surface area (TPSA) is 157 Å². The summed E-state index contributed by atoms with van der Waals surface area (Å²) in [4.78, 5) is 33.4. The number of aromatic nitrogens is 8. The monoisotopic (exact) mass is 729 g/mol. The number of likely N-dealkylation sites (tertiary alicyclic amines) is 1. The van der Waals surface area contributed by atoms with Crippen molar-refractivity contribution in [2.75, 3.05) is 13.1 Å². The number of benzene rings is 2. The fourth-order valence-electron chi connectivity index (χ4n) is 6.55. The Bertz CT molecular complexity index is 2300. The van der Waals surface area contributed by atoms with Crippen LogP contribution in [-0.4, -0.2) is 79.4 Å². The van der Waals surface area contributed by atoms with E-state index in [2.05, 4.69) is 9.97 Å². The van der Waals surface area contributed by atoms with E-state index in [1.807, 2.05) is 56.4 Å². The highest BCUT2D eigenvalue weighted by atomic mass is 35.5. The Morgan fingerprint density at radius 2 is 1.31 bits per heavy atom. The minimum absolute atomic E-state index is 0.00250. The molecule has 264 valence electrons. The Kier molecular flexibility index (Phi) is 8.96. The number of carbonyl (C=O) groups is 1. The van der Waals surface area contributed by atoms with Crippen LogP contribution in [0.15, 0.2) is 49.1 Å². The highest BCUT2D eigenvalue weighted by Crippen LogP contribution is 2.34. The van der Waals surface area contributed by atoms with Gasteiger partial charge >= 0.3 is 6.09 Å². The molecule has 1 saturated heterocycles. The normalized spacial score (nSPS) is 16.6. The van der Waals surface area contributed by atoms with Crippen LogP contribution in [0.3, 0.4) is 0 Å². The van der Waals surface area contributed by atoms with E-state index in [4.69, 9.17) is 48.1 Å². The van der Waals surface area contributed by atoms with Gasteiger partial charge < -0.3 is 19.8 Å². The van der Waals surface area contributed by atoms with Crippen molar-refractivity contribution in [3.63, 3.8) is 0 Å². The minimum Gasteiger partial charge on any atom is -0.506 e. The molecule has 51 heavy (non-hydrogen) atoms. The second-order valence-electron chi connectivity index (χ2n) is 14.0. The largest absolute Gasteiger partial charge is 0.506 e. The third-order valence-corrected chi connectivity index (χ3v) is 9.84. The third-order valence-electron chi connectivity index (χ3n) is 9.10. The van der Waals surface area contributed by atoms with Crippen LogP contribution in [0.5, 0.6) is 11.5 Å². The predicted octanol–water partition coefficient (Wildman–Crippen LogP) is 7.21. The minimum atomic E-state index is -0.615. The van der Waals surface area contributed by atoms with Gasteiger partial charge in [0.05, 0.1) is 46.2 Å². The quantitative estimate of drug-likeness (QED) is 0.180. The molecule has 2 N–H and O–H groups in total. The Morgan fingerprint density at radius 3 is 1.80 bits per heavy atom. The number of fused-ring (bicyclic) bond motifs is 2. The maximum absolute atomic E-state index is 13.2. The van der Waals surface area contributed by atoms with Gasteiger partial charge in [-0.3, -0.25) is 19.3 Å². The number of halogens is 2. The molecule has 0 saturated carbocycles. The number of phenolic OH excluding ortho intramolecular Hbond substituents is 2. The number of aryl methyl sites for hydroxylation is 2. The van der Waals surface area contributed by atoms with Crippen molar-refractivity contribution in [3.8, 4) is 34.0 Å². The summed E-state index contributed by atoms with van der Waals surface area (Å²) in [5.74, 6) is 0.0271. The van der Waals surface area contributed by atoms with Gasteiger partial charge in [0, 0.05) is 55.6 Å². The van der Waals surface area contributed by atoms with E-state index in [1.165, 1.54) is 12.1 Å². The summed E-state index contributed by atoms with van der Waals surface area (Å²) in [5.41, 5.74) is 5.69. The van der Waals surface area contributed by atoms with Crippen molar-refractivity contribution in [2.45, 2.75) is 59.7 Å². The summed E-state index contributed by atoms with van der Waals surface area (Å²) in [6, 6.07) is 6.34. The van der Waals surface area contributed by atoms with E-state index in [0.717, 1.165) is 28.9 Å². The molecule has 15 heteroatoms. The zero-order valence-electron chi connectivity index (χ0n) is 28.8. The second kappa shape index (κ2) is 13.3. The first kappa shape index (κ1) is 34.4. The van der Waals surface area contributed by atoms with Gasteiger partial charge in [0.1, 0.15) is 38.2 Å². The van der Waals surface area contributed by atoms with Crippen LogP contribution < -0.4 is 0 Å². The summed E-state index contributed by atoms with van der Waals surface area (Å²) >= 11 is 12.7. The van der Waals surface area contributed by atoms with Gasteiger partial charge in [-0.25, -0.2) is 14.8 Å². The zero-order valence-corrected chi connectivity index (χ0v) is 30.3. The van der Waals surface area contributed by atoms with Crippen LogP contribution in [0.25, 0.3) is 44.6 Å². The fourth-order valence-corrected chi connectivity index (χ4v) is 6.96. The first-order valence-electron chi connectivity index (χ1n) is 16.6.